The predicted octanol–water partition coefficient (Wildman–Crippen LogP) is 4.57. The smallest absolute Gasteiger partial charge is 0.229 e. The summed E-state index contributed by atoms with van der Waals surface area (Å²) in [6, 6.07) is 13.3. The number of hydrogen-bond donors (Lipinski definition) is 2. The molecule has 2 atom stereocenters. The molecular formula is C28H32N8O2S. The number of hydrogen-bond acceptors (Lipinski definition) is 6. The van der Waals surface area contributed by atoms with E-state index in [4.69, 9.17) is 17.0 Å². The first-order chi connectivity index (χ1) is 18.6. The van der Waals surface area contributed by atoms with Crippen LogP contribution in [0.3, 0.4) is 0 Å². The third-order valence-electron chi connectivity index (χ3n) is 6.88. The molecule has 0 bridgehead atoms. The molecule has 1 saturated heterocycles. The zero-order valence-electron chi connectivity index (χ0n) is 22.8. The summed E-state index contributed by atoms with van der Waals surface area (Å²) in [5.74, 6) is 0.448. The normalized spacial score (nSPS) is 17.3. The monoisotopic (exact) mass is 544 g/mol. The molecule has 0 aliphatic carbocycles. The highest BCUT2D eigenvalue weighted by Gasteiger charge is 2.42. The molecule has 0 spiro atoms. The molecule has 3 aromatic heterocycles. The van der Waals surface area contributed by atoms with Crippen LogP contribution in [-0.2, 0) is 4.79 Å². The number of aryl methyl sites for hydroxylation is 1. The molecule has 4 aromatic rings. The van der Waals surface area contributed by atoms with Crippen LogP contribution in [0.5, 0.6) is 5.75 Å². The number of pyridine rings is 1. The van der Waals surface area contributed by atoms with Crippen LogP contribution >= 0.6 is 12.2 Å². The lowest BCUT2D eigenvalue weighted by atomic mass is 9.95. The zero-order chi connectivity index (χ0) is 27.9. The Morgan fingerprint density at radius 2 is 1.85 bits per heavy atom. The van der Waals surface area contributed by atoms with E-state index in [1.54, 1.807) is 26.0 Å². The fraction of sp³-hybridized carbons (Fsp3) is 0.321. The summed E-state index contributed by atoms with van der Waals surface area (Å²) in [6.07, 6.45) is 5.13. The Hall–Kier alpha value is -4.25. The first kappa shape index (κ1) is 26.4. The van der Waals surface area contributed by atoms with Crippen molar-refractivity contribution in [1.29, 1.82) is 0 Å². The average molecular weight is 545 g/mol. The maximum atomic E-state index is 12.7. The number of methoxy groups -OCH3 is 1. The van der Waals surface area contributed by atoms with Gasteiger partial charge in [-0.05, 0) is 56.4 Å². The molecule has 1 aliphatic heterocycles. The van der Waals surface area contributed by atoms with E-state index in [1.165, 1.54) is 0 Å². The van der Waals surface area contributed by atoms with Gasteiger partial charge in [0.2, 0.25) is 5.91 Å². The van der Waals surface area contributed by atoms with Gasteiger partial charge in [-0.25, -0.2) is 4.68 Å². The lowest BCUT2D eigenvalue weighted by molar-refractivity contribution is -0.123. The van der Waals surface area contributed by atoms with Crippen LogP contribution in [0, 0.1) is 19.3 Å². The van der Waals surface area contributed by atoms with Gasteiger partial charge in [-0.2, -0.15) is 0 Å². The second-order valence-corrected chi connectivity index (χ2v) is 11.0. The largest absolute Gasteiger partial charge is 0.494 e. The van der Waals surface area contributed by atoms with Crippen molar-refractivity contribution in [3.8, 4) is 5.75 Å². The molecule has 1 fully saturated rings. The van der Waals surface area contributed by atoms with Crippen LogP contribution in [0.15, 0.2) is 61.3 Å². The molecule has 2 N–H and O–H groups in total. The van der Waals surface area contributed by atoms with Crippen LogP contribution in [0.2, 0.25) is 0 Å². The number of rotatable bonds is 6. The Balaban J connectivity index is 1.62. The molecule has 11 heteroatoms. The number of benzene rings is 1. The maximum absolute atomic E-state index is 12.7. The molecule has 202 valence electrons. The van der Waals surface area contributed by atoms with Crippen LogP contribution in [-0.4, -0.2) is 42.7 Å². The number of thiocarbonyl (C=S) groups is 1. The van der Waals surface area contributed by atoms with Gasteiger partial charge < -0.3 is 20.3 Å². The van der Waals surface area contributed by atoms with Crippen LogP contribution in [0.25, 0.3) is 0 Å². The first-order valence-electron chi connectivity index (χ1n) is 12.6. The third-order valence-corrected chi connectivity index (χ3v) is 7.20. The van der Waals surface area contributed by atoms with Crippen molar-refractivity contribution >= 4 is 34.6 Å². The predicted molar refractivity (Wildman–Crippen MR) is 154 cm³/mol. The summed E-state index contributed by atoms with van der Waals surface area (Å²) in [5.41, 5.74) is 4.89. The number of carbonyl (C=O) groups excluding carboxylic acids is 1. The summed E-state index contributed by atoms with van der Waals surface area (Å²) in [6.45, 7) is 9.73. The Labute approximate surface area is 233 Å². The average Bonchev–Trinajstić information content (AvgIpc) is 3.62. The molecule has 0 saturated carbocycles. The quantitative estimate of drug-likeness (QED) is 0.340. The first-order valence-corrected chi connectivity index (χ1v) is 13.0. The van der Waals surface area contributed by atoms with Gasteiger partial charge in [-0.1, -0.05) is 26.8 Å². The Morgan fingerprint density at radius 1 is 1.10 bits per heavy atom. The van der Waals surface area contributed by atoms with Gasteiger partial charge >= 0.3 is 0 Å². The van der Waals surface area contributed by atoms with Gasteiger partial charge in [0.1, 0.15) is 18.4 Å². The standard InChI is InChI=1S/C28H32N8O2S/c1-17-13-20(18(2)36(17)34-15-30-31-16-34)25-24(22-9-7-8-12-29-22)33-27(39)35(25)19-10-11-21(23(14-19)38-6)32-26(37)28(3,4)5/h7-16,24-25H,1-6H3,(H,32,37)(H,33,39). The highest BCUT2D eigenvalue weighted by atomic mass is 32.1. The Morgan fingerprint density at radius 3 is 2.49 bits per heavy atom. The highest BCUT2D eigenvalue weighted by Crippen LogP contribution is 2.44. The van der Waals surface area contributed by atoms with Crippen molar-refractivity contribution in [3.63, 3.8) is 0 Å². The molecule has 1 aromatic carbocycles. The lowest BCUT2D eigenvalue weighted by Gasteiger charge is -2.29. The van der Waals surface area contributed by atoms with E-state index in [1.807, 2.05) is 68.8 Å². The van der Waals surface area contributed by atoms with Gasteiger partial charge in [-0.15, -0.1) is 10.2 Å². The number of anilines is 2. The number of nitrogens with zero attached hydrogens (tertiary/aromatic N) is 6. The molecule has 0 radical (unpaired) electrons. The van der Waals surface area contributed by atoms with Crippen LogP contribution < -0.4 is 20.3 Å². The van der Waals surface area contributed by atoms with E-state index in [0.717, 1.165) is 28.3 Å². The van der Waals surface area contributed by atoms with Crippen LogP contribution in [0.4, 0.5) is 11.4 Å². The van der Waals surface area contributed by atoms with Gasteiger partial charge in [0.25, 0.3) is 0 Å². The Bertz CT molecular complexity index is 1510. The molecule has 1 aliphatic rings. The van der Waals surface area contributed by atoms with E-state index >= 15 is 0 Å². The number of aromatic nitrogens is 5. The van der Waals surface area contributed by atoms with Crippen molar-refractivity contribution < 1.29 is 9.53 Å². The minimum Gasteiger partial charge on any atom is -0.494 e. The minimum atomic E-state index is -0.543. The number of amides is 1. The van der Waals surface area contributed by atoms with E-state index in [9.17, 15) is 4.79 Å². The maximum Gasteiger partial charge on any atom is 0.229 e. The highest BCUT2D eigenvalue weighted by molar-refractivity contribution is 7.80. The second kappa shape index (κ2) is 10.1. The number of ether oxygens (including phenoxy) is 1. The van der Waals surface area contributed by atoms with Crippen molar-refractivity contribution in [2.45, 2.75) is 46.7 Å². The van der Waals surface area contributed by atoms with Crippen LogP contribution in [0.1, 0.15) is 55.5 Å². The number of carbonyl (C=O) groups is 1. The topological polar surface area (TPSA) is 102 Å². The third kappa shape index (κ3) is 4.85. The zero-order valence-corrected chi connectivity index (χ0v) is 23.7. The molecule has 4 heterocycles. The van der Waals surface area contributed by atoms with E-state index in [2.05, 4.69) is 48.4 Å². The molecule has 1 amide bonds. The van der Waals surface area contributed by atoms with Gasteiger partial charge in [-0.3, -0.25) is 14.5 Å². The SMILES string of the molecule is COc1cc(N2C(=S)NC(c3ccccn3)C2c2cc(C)n(-n3cnnc3)c2C)ccc1NC(=O)C(C)(C)C. The fourth-order valence-corrected chi connectivity index (χ4v) is 5.27. The lowest BCUT2D eigenvalue weighted by Crippen LogP contribution is -2.30. The summed E-state index contributed by atoms with van der Waals surface area (Å²) in [7, 11) is 1.59. The van der Waals surface area contributed by atoms with E-state index in [-0.39, 0.29) is 18.0 Å². The molecule has 5 rings (SSSR count). The van der Waals surface area contributed by atoms with Gasteiger partial charge in [0, 0.05) is 40.3 Å². The second-order valence-electron chi connectivity index (χ2n) is 10.6. The van der Waals surface area contributed by atoms with Gasteiger partial charge in [0.15, 0.2) is 5.11 Å². The fourth-order valence-electron chi connectivity index (χ4n) is 4.92. The minimum absolute atomic E-state index is 0.0959. The van der Waals surface area contributed by atoms with Crippen molar-refractivity contribution in [2.75, 3.05) is 17.3 Å². The van der Waals surface area contributed by atoms with E-state index in [0.29, 0.717) is 16.5 Å². The van der Waals surface area contributed by atoms with Crippen molar-refractivity contribution in [3.05, 3.63) is 84.0 Å². The summed E-state index contributed by atoms with van der Waals surface area (Å²) < 4.78 is 9.62. The molecular weight excluding hydrogens is 512 g/mol. The van der Waals surface area contributed by atoms with Crippen molar-refractivity contribution in [1.82, 2.24) is 29.9 Å². The Kier molecular flexibility index (Phi) is 6.85. The molecule has 2 unspecified atom stereocenters. The summed E-state index contributed by atoms with van der Waals surface area (Å²) in [4.78, 5) is 19.4. The summed E-state index contributed by atoms with van der Waals surface area (Å²) >= 11 is 5.91. The van der Waals surface area contributed by atoms with Crippen molar-refractivity contribution in [2.24, 2.45) is 5.41 Å². The van der Waals surface area contributed by atoms with E-state index < -0.39 is 5.41 Å². The molecule has 39 heavy (non-hydrogen) atoms. The van der Waals surface area contributed by atoms with Gasteiger partial charge in [0.05, 0.1) is 30.6 Å². The molecule has 10 nitrogen and oxygen atoms in total. The summed E-state index contributed by atoms with van der Waals surface area (Å²) in [5, 5.41) is 15.0. The number of nitrogens with one attached hydrogen (secondary N) is 2.